The second kappa shape index (κ2) is 9.35. The molecule has 6 heteroatoms. The van der Waals surface area contributed by atoms with Crippen LogP contribution in [-0.2, 0) is 11.3 Å². The van der Waals surface area contributed by atoms with Gasteiger partial charge in [-0.15, -0.1) is 0 Å². The average molecular weight is 421 g/mol. The van der Waals surface area contributed by atoms with Crippen LogP contribution in [0.15, 0.2) is 65.3 Å². The maximum atomic E-state index is 13.2. The van der Waals surface area contributed by atoms with Crippen LogP contribution in [0.2, 0.25) is 0 Å². The van der Waals surface area contributed by atoms with Crippen molar-refractivity contribution in [2.45, 2.75) is 26.4 Å². The van der Waals surface area contributed by atoms with Crippen molar-refractivity contribution in [3.05, 3.63) is 72.2 Å². The third kappa shape index (κ3) is 4.80. The number of hydrogen-bond donors (Lipinski definition) is 2. The summed E-state index contributed by atoms with van der Waals surface area (Å²) in [7, 11) is 0. The van der Waals surface area contributed by atoms with E-state index in [1.807, 2.05) is 18.7 Å². The summed E-state index contributed by atoms with van der Waals surface area (Å²) >= 11 is 0. The molecule has 1 saturated heterocycles. The minimum absolute atomic E-state index is 0.00697. The van der Waals surface area contributed by atoms with Crippen molar-refractivity contribution < 1.29 is 18.9 Å². The molecule has 6 nitrogen and oxygen atoms in total. The number of nitrogens with one attached hydrogen (secondary N) is 2. The van der Waals surface area contributed by atoms with Gasteiger partial charge < -0.3 is 19.5 Å². The van der Waals surface area contributed by atoms with E-state index in [1.54, 1.807) is 12.1 Å². The number of nitrogens with zero attached hydrogens (tertiary/aromatic N) is 1. The molecule has 1 aliphatic heterocycles. The van der Waals surface area contributed by atoms with Crippen LogP contribution in [0.5, 0.6) is 0 Å². The number of carbonyl (C=O) groups is 2. The molecule has 0 unspecified atom stereocenters. The van der Waals surface area contributed by atoms with Crippen LogP contribution in [-0.4, -0.2) is 48.9 Å². The molecule has 4 rings (SSSR count). The highest BCUT2D eigenvalue weighted by Crippen LogP contribution is 2.17. The number of quaternary nitrogens is 1. The number of piperazine rings is 1. The predicted molar refractivity (Wildman–Crippen MR) is 120 cm³/mol. The molecule has 162 valence electrons. The molecule has 2 aromatic carbocycles. The van der Waals surface area contributed by atoms with E-state index in [2.05, 4.69) is 47.8 Å². The summed E-state index contributed by atoms with van der Waals surface area (Å²) in [6, 6.07) is 17.7. The van der Waals surface area contributed by atoms with E-state index in [-0.39, 0.29) is 23.5 Å². The summed E-state index contributed by atoms with van der Waals surface area (Å²) < 4.78 is 5.16. The first-order valence-electron chi connectivity index (χ1n) is 11.0. The van der Waals surface area contributed by atoms with Gasteiger partial charge in [-0.1, -0.05) is 56.3 Å². The van der Waals surface area contributed by atoms with Gasteiger partial charge in [0.1, 0.15) is 12.6 Å². The Balaban J connectivity index is 1.36. The molecule has 1 fully saturated rings. The Morgan fingerprint density at radius 2 is 1.77 bits per heavy atom. The molecule has 3 aromatic rings. The van der Waals surface area contributed by atoms with Crippen molar-refractivity contribution >= 4 is 22.6 Å². The zero-order valence-electron chi connectivity index (χ0n) is 18.1. The Bertz CT molecular complexity index is 1030. The number of furan rings is 1. The second-order valence-corrected chi connectivity index (χ2v) is 8.56. The third-order valence-corrected chi connectivity index (χ3v) is 6.07. The SMILES string of the molecule is CC(C)[C@H](NC(=O)c1ccco1)C(=O)N1CC[NH+](Cc2cccc3ccccc23)CC1. The van der Waals surface area contributed by atoms with Crippen molar-refractivity contribution in [3.63, 3.8) is 0 Å². The summed E-state index contributed by atoms with van der Waals surface area (Å²) in [5, 5.41) is 5.42. The largest absolute Gasteiger partial charge is 0.459 e. The fourth-order valence-electron chi connectivity index (χ4n) is 4.27. The summed E-state index contributed by atoms with van der Waals surface area (Å²) in [5.74, 6) is -0.147. The van der Waals surface area contributed by atoms with E-state index >= 15 is 0 Å². The summed E-state index contributed by atoms with van der Waals surface area (Å²) in [6.07, 6.45) is 1.46. The van der Waals surface area contributed by atoms with Crippen LogP contribution in [0.3, 0.4) is 0 Å². The predicted octanol–water partition coefficient (Wildman–Crippen LogP) is 2.11. The van der Waals surface area contributed by atoms with Gasteiger partial charge in [0.2, 0.25) is 5.91 Å². The number of amides is 2. The standard InChI is InChI=1S/C25H29N3O3/c1-18(2)23(26-24(29)22-11-6-16-31-22)25(30)28-14-12-27(13-15-28)17-20-9-5-8-19-7-3-4-10-21(19)20/h3-11,16,18,23H,12-15,17H2,1-2H3,(H,26,29)/p+1/t23-/m0/s1. The lowest BCUT2D eigenvalue weighted by Crippen LogP contribution is -3.13. The Morgan fingerprint density at radius 3 is 2.48 bits per heavy atom. The van der Waals surface area contributed by atoms with Crippen LogP contribution >= 0.6 is 0 Å². The maximum absolute atomic E-state index is 13.2. The lowest BCUT2D eigenvalue weighted by molar-refractivity contribution is -0.917. The van der Waals surface area contributed by atoms with Gasteiger partial charge in [0.15, 0.2) is 5.76 Å². The van der Waals surface area contributed by atoms with Crippen LogP contribution < -0.4 is 10.2 Å². The van der Waals surface area contributed by atoms with Gasteiger partial charge in [-0.25, -0.2) is 0 Å². The first kappa shape index (κ1) is 21.1. The Labute approximate surface area is 182 Å². The van der Waals surface area contributed by atoms with Crippen LogP contribution in [0, 0.1) is 5.92 Å². The number of rotatable bonds is 6. The number of carbonyl (C=O) groups excluding carboxylic acids is 2. The molecule has 1 aromatic heterocycles. The zero-order valence-corrected chi connectivity index (χ0v) is 18.1. The van der Waals surface area contributed by atoms with E-state index < -0.39 is 6.04 Å². The van der Waals surface area contributed by atoms with E-state index in [0.29, 0.717) is 13.1 Å². The van der Waals surface area contributed by atoms with Gasteiger partial charge in [0, 0.05) is 5.56 Å². The van der Waals surface area contributed by atoms with Crippen LogP contribution in [0.4, 0.5) is 0 Å². The van der Waals surface area contributed by atoms with Gasteiger partial charge >= 0.3 is 0 Å². The molecule has 2 heterocycles. The van der Waals surface area contributed by atoms with E-state index in [1.165, 1.54) is 27.5 Å². The van der Waals surface area contributed by atoms with E-state index in [9.17, 15) is 9.59 Å². The minimum Gasteiger partial charge on any atom is -0.459 e. The number of fused-ring (bicyclic) bond motifs is 1. The van der Waals surface area contributed by atoms with Crippen LogP contribution in [0.1, 0.15) is 30.0 Å². The lowest BCUT2D eigenvalue weighted by Gasteiger charge is -2.35. The van der Waals surface area contributed by atoms with Crippen molar-refractivity contribution in [3.8, 4) is 0 Å². The normalized spacial score (nSPS) is 15.9. The van der Waals surface area contributed by atoms with Crippen molar-refractivity contribution in [2.24, 2.45) is 5.92 Å². The molecular weight excluding hydrogens is 390 g/mol. The highest BCUT2D eigenvalue weighted by molar-refractivity contribution is 5.95. The molecule has 1 atom stereocenters. The van der Waals surface area contributed by atoms with Gasteiger partial charge in [0.25, 0.3) is 5.91 Å². The highest BCUT2D eigenvalue weighted by atomic mass is 16.3. The van der Waals surface area contributed by atoms with Gasteiger partial charge in [0.05, 0.1) is 32.4 Å². The monoisotopic (exact) mass is 420 g/mol. The first-order chi connectivity index (χ1) is 15.0. The summed E-state index contributed by atoms with van der Waals surface area (Å²) in [4.78, 5) is 28.9. The van der Waals surface area contributed by atoms with E-state index in [4.69, 9.17) is 4.42 Å². The minimum atomic E-state index is -0.558. The Hall–Kier alpha value is -3.12. The molecule has 0 spiro atoms. The van der Waals surface area contributed by atoms with Crippen molar-refractivity contribution in [1.29, 1.82) is 0 Å². The average Bonchev–Trinajstić information content (AvgIpc) is 3.33. The molecule has 2 N–H and O–H groups in total. The number of hydrogen-bond acceptors (Lipinski definition) is 3. The highest BCUT2D eigenvalue weighted by Gasteiger charge is 2.32. The quantitative estimate of drug-likeness (QED) is 0.642. The summed E-state index contributed by atoms with van der Waals surface area (Å²) in [5.41, 5.74) is 1.35. The van der Waals surface area contributed by atoms with Crippen molar-refractivity contribution in [1.82, 2.24) is 10.2 Å². The smallest absolute Gasteiger partial charge is 0.287 e. The van der Waals surface area contributed by atoms with Gasteiger partial charge in [-0.3, -0.25) is 9.59 Å². The zero-order chi connectivity index (χ0) is 21.8. The topological polar surface area (TPSA) is 67.0 Å². The summed E-state index contributed by atoms with van der Waals surface area (Å²) in [6.45, 7) is 8.03. The fourth-order valence-corrected chi connectivity index (χ4v) is 4.27. The molecule has 31 heavy (non-hydrogen) atoms. The lowest BCUT2D eigenvalue weighted by atomic mass is 10.0. The molecule has 1 aliphatic rings. The molecule has 0 bridgehead atoms. The van der Waals surface area contributed by atoms with Gasteiger partial charge in [-0.2, -0.15) is 0 Å². The maximum Gasteiger partial charge on any atom is 0.287 e. The molecular formula is C25H30N3O3+. The second-order valence-electron chi connectivity index (χ2n) is 8.56. The van der Waals surface area contributed by atoms with E-state index in [0.717, 1.165) is 19.6 Å². The molecule has 0 saturated carbocycles. The first-order valence-corrected chi connectivity index (χ1v) is 11.0. The van der Waals surface area contributed by atoms with Crippen molar-refractivity contribution in [2.75, 3.05) is 26.2 Å². The third-order valence-electron chi connectivity index (χ3n) is 6.07. The fraction of sp³-hybridized carbons (Fsp3) is 0.360. The Kier molecular flexibility index (Phi) is 6.37. The van der Waals surface area contributed by atoms with Gasteiger partial charge in [-0.05, 0) is 28.8 Å². The molecule has 0 aliphatic carbocycles. The molecule has 0 radical (unpaired) electrons. The van der Waals surface area contributed by atoms with Crippen LogP contribution in [0.25, 0.3) is 10.8 Å². The Morgan fingerprint density at radius 1 is 1.03 bits per heavy atom. The molecule has 2 amide bonds. The number of benzene rings is 2.